The van der Waals surface area contributed by atoms with E-state index in [-0.39, 0.29) is 0 Å². The van der Waals surface area contributed by atoms with Gasteiger partial charge in [-0.1, -0.05) is 84.0 Å². The van der Waals surface area contributed by atoms with E-state index in [1.807, 2.05) is 0 Å². The van der Waals surface area contributed by atoms with Crippen LogP contribution in [0.15, 0.2) is 0 Å². The molecule has 0 bridgehead atoms. The first-order valence-corrected chi connectivity index (χ1v) is 9.96. The first-order chi connectivity index (χ1) is 11.5. The highest BCUT2D eigenvalue weighted by Gasteiger charge is 2.05. The smallest absolute Gasteiger partial charge is 0.303 e. The van der Waals surface area contributed by atoms with Crippen LogP contribution >= 0.6 is 0 Å². The molecule has 24 heavy (non-hydrogen) atoms. The van der Waals surface area contributed by atoms with Gasteiger partial charge < -0.3 is 10.2 Å². The van der Waals surface area contributed by atoms with E-state index in [9.17, 15) is 9.59 Å². The maximum absolute atomic E-state index is 10.5. The number of unbranched alkanes of at least 4 members (excludes halogenated alkanes) is 11. The first kappa shape index (κ1) is 22.9. The van der Waals surface area contributed by atoms with Crippen LogP contribution in [0, 0.1) is 5.92 Å². The normalized spacial score (nSPS) is 12.2. The molecular formula is C20H38O4. The molecule has 0 saturated carbocycles. The predicted octanol–water partition coefficient (Wildman–Crippen LogP) is 6.03. The number of aliphatic carboxylic acids is 2. The summed E-state index contributed by atoms with van der Waals surface area (Å²) in [5.41, 5.74) is 0. The fourth-order valence-corrected chi connectivity index (χ4v) is 3.05. The SMILES string of the molecule is CC(CCCCCCCCCCCCCCC(=O)O)CCC(=O)O. The Hall–Kier alpha value is -1.06. The van der Waals surface area contributed by atoms with E-state index in [4.69, 9.17) is 10.2 Å². The third-order valence-electron chi connectivity index (χ3n) is 4.69. The molecule has 0 aliphatic heterocycles. The highest BCUT2D eigenvalue weighted by atomic mass is 16.4. The van der Waals surface area contributed by atoms with Gasteiger partial charge in [0.2, 0.25) is 0 Å². The molecule has 0 spiro atoms. The number of carboxylic acids is 2. The van der Waals surface area contributed by atoms with Crippen LogP contribution in [0.4, 0.5) is 0 Å². The summed E-state index contributed by atoms with van der Waals surface area (Å²) in [7, 11) is 0. The van der Waals surface area contributed by atoms with Crippen molar-refractivity contribution in [3.05, 3.63) is 0 Å². The summed E-state index contributed by atoms with van der Waals surface area (Å²) in [5.74, 6) is -0.816. The molecule has 0 radical (unpaired) electrons. The van der Waals surface area contributed by atoms with Gasteiger partial charge in [0.25, 0.3) is 0 Å². The molecule has 142 valence electrons. The monoisotopic (exact) mass is 342 g/mol. The van der Waals surface area contributed by atoms with Gasteiger partial charge in [0.05, 0.1) is 0 Å². The van der Waals surface area contributed by atoms with Crippen molar-refractivity contribution in [2.45, 2.75) is 110 Å². The van der Waals surface area contributed by atoms with E-state index in [0.717, 1.165) is 25.7 Å². The second-order valence-corrected chi connectivity index (χ2v) is 7.21. The summed E-state index contributed by atoms with van der Waals surface area (Å²) >= 11 is 0. The van der Waals surface area contributed by atoms with Crippen LogP contribution in [0.2, 0.25) is 0 Å². The summed E-state index contributed by atoms with van der Waals surface area (Å²) in [4.78, 5) is 20.9. The van der Waals surface area contributed by atoms with Gasteiger partial charge >= 0.3 is 11.9 Å². The molecule has 2 N–H and O–H groups in total. The van der Waals surface area contributed by atoms with E-state index in [2.05, 4.69) is 6.92 Å². The topological polar surface area (TPSA) is 74.6 Å². The van der Waals surface area contributed by atoms with E-state index < -0.39 is 11.9 Å². The number of rotatable bonds is 18. The largest absolute Gasteiger partial charge is 0.481 e. The van der Waals surface area contributed by atoms with E-state index >= 15 is 0 Å². The third-order valence-corrected chi connectivity index (χ3v) is 4.69. The van der Waals surface area contributed by atoms with Crippen molar-refractivity contribution in [2.75, 3.05) is 0 Å². The minimum absolute atomic E-state index is 0.306. The van der Waals surface area contributed by atoms with Crippen molar-refractivity contribution in [3.8, 4) is 0 Å². The molecule has 1 atom stereocenters. The number of hydrogen-bond donors (Lipinski definition) is 2. The molecule has 0 heterocycles. The third kappa shape index (κ3) is 19.0. The molecule has 0 aromatic rings. The van der Waals surface area contributed by atoms with Gasteiger partial charge in [0.15, 0.2) is 0 Å². The molecule has 1 unspecified atom stereocenters. The second kappa shape index (κ2) is 16.8. The summed E-state index contributed by atoms with van der Waals surface area (Å²) in [5, 5.41) is 17.2. The average molecular weight is 343 g/mol. The lowest BCUT2D eigenvalue weighted by Crippen LogP contribution is -2.01. The first-order valence-electron chi connectivity index (χ1n) is 9.96. The molecule has 0 amide bonds. The Labute approximate surface area is 148 Å². The predicted molar refractivity (Wildman–Crippen MR) is 98.3 cm³/mol. The highest BCUT2D eigenvalue weighted by molar-refractivity contribution is 5.66. The minimum atomic E-state index is -0.679. The highest BCUT2D eigenvalue weighted by Crippen LogP contribution is 2.17. The van der Waals surface area contributed by atoms with Gasteiger partial charge in [-0.3, -0.25) is 9.59 Å². The van der Waals surface area contributed by atoms with Gasteiger partial charge in [0, 0.05) is 12.8 Å². The molecule has 0 aromatic heterocycles. The molecule has 0 aliphatic rings. The molecule has 4 nitrogen and oxygen atoms in total. The molecule has 0 aromatic carbocycles. The van der Waals surface area contributed by atoms with E-state index in [1.165, 1.54) is 64.2 Å². The Kier molecular flexibility index (Phi) is 16.0. The van der Waals surface area contributed by atoms with Crippen molar-refractivity contribution >= 4 is 11.9 Å². The average Bonchev–Trinajstić information content (AvgIpc) is 2.52. The fourth-order valence-electron chi connectivity index (χ4n) is 3.05. The number of carboxylic acid groups (broad SMARTS) is 2. The lowest BCUT2D eigenvalue weighted by molar-refractivity contribution is -0.138. The fraction of sp³-hybridized carbons (Fsp3) is 0.900. The van der Waals surface area contributed by atoms with Crippen LogP contribution < -0.4 is 0 Å². The summed E-state index contributed by atoms with van der Waals surface area (Å²) in [6.07, 6.45) is 17.3. The van der Waals surface area contributed by atoms with Crippen LogP contribution in [0.25, 0.3) is 0 Å². The van der Waals surface area contributed by atoms with Crippen LogP contribution in [0.1, 0.15) is 110 Å². The van der Waals surface area contributed by atoms with Gasteiger partial charge in [-0.25, -0.2) is 0 Å². The zero-order valence-corrected chi connectivity index (χ0v) is 15.6. The number of hydrogen-bond acceptors (Lipinski definition) is 2. The summed E-state index contributed by atoms with van der Waals surface area (Å²) in [6.45, 7) is 2.16. The molecule has 4 heteroatoms. The Morgan fingerprint density at radius 1 is 0.583 bits per heavy atom. The van der Waals surface area contributed by atoms with Crippen molar-refractivity contribution in [1.82, 2.24) is 0 Å². The maximum Gasteiger partial charge on any atom is 0.303 e. The zero-order chi connectivity index (χ0) is 18.0. The Morgan fingerprint density at radius 3 is 1.38 bits per heavy atom. The Balaban J connectivity index is 3.12. The standard InChI is InChI=1S/C20H38O4/c1-18(16-17-20(23)24)14-12-10-8-6-4-2-3-5-7-9-11-13-15-19(21)22/h18H,2-17H2,1H3,(H,21,22)(H,23,24). The van der Waals surface area contributed by atoms with Crippen molar-refractivity contribution < 1.29 is 19.8 Å². The van der Waals surface area contributed by atoms with Gasteiger partial charge in [-0.2, -0.15) is 0 Å². The molecule has 0 aliphatic carbocycles. The lowest BCUT2D eigenvalue weighted by atomic mass is 9.97. The molecule has 0 rings (SSSR count). The zero-order valence-electron chi connectivity index (χ0n) is 15.6. The van der Waals surface area contributed by atoms with Crippen molar-refractivity contribution in [1.29, 1.82) is 0 Å². The Morgan fingerprint density at radius 2 is 0.958 bits per heavy atom. The van der Waals surface area contributed by atoms with Crippen LogP contribution in [-0.4, -0.2) is 22.2 Å². The van der Waals surface area contributed by atoms with Crippen LogP contribution in [0.3, 0.4) is 0 Å². The minimum Gasteiger partial charge on any atom is -0.481 e. The van der Waals surface area contributed by atoms with E-state index in [1.54, 1.807) is 0 Å². The van der Waals surface area contributed by atoms with Crippen molar-refractivity contribution in [3.63, 3.8) is 0 Å². The van der Waals surface area contributed by atoms with Crippen molar-refractivity contribution in [2.24, 2.45) is 5.92 Å². The maximum atomic E-state index is 10.5. The summed E-state index contributed by atoms with van der Waals surface area (Å²) in [6, 6.07) is 0. The lowest BCUT2D eigenvalue weighted by Gasteiger charge is -2.09. The van der Waals surface area contributed by atoms with E-state index in [0.29, 0.717) is 18.8 Å². The molecule has 0 fully saturated rings. The Bertz CT molecular complexity index is 315. The van der Waals surface area contributed by atoms with Gasteiger partial charge in [-0.15, -0.1) is 0 Å². The summed E-state index contributed by atoms with van der Waals surface area (Å²) < 4.78 is 0. The van der Waals surface area contributed by atoms with Crippen LogP contribution in [0.5, 0.6) is 0 Å². The number of carbonyl (C=O) groups is 2. The molecular weight excluding hydrogens is 304 g/mol. The molecule has 0 saturated heterocycles. The second-order valence-electron chi connectivity index (χ2n) is 7.21. The van der Waals surface area contributed by atoms with Gasteiger partial charge in [0.1, 0.15) is 0 Å². The quantitative estimate of drug-likeness (QED) is 0.298. The van der Waals surface area contributed by atoms with Crippen LogP contribution in [-0.2, 0) is 9.59 Å². The van der Waals surface area contributed by atoms with Gasteiger partial charge in [-0.05, 0) is 18.8 Å².